The van der Waals surface area contributed by atoms with E-state index in [1.54, 1.807) is 12.4 Å². The van der Waals surface area contributed by atoms with Crippen molar-refractivity contribution < 1.29 is 13.9 Å². The van der Waals surface area contributed by atoms with Gasteiger partial charge in [0.2, 0.25) is 5.88 Å². The van der Waals surface area contributed by atoms with Gasteiger partial charge in [-0.1, -0.05) is 29.8 Å². The second kappa shape index (κ2) is 10.1. The highest BCUT2D eigenvalue weighted by Gasteiger charge is 2.14. The Hall–Kier alpha value is -3.39. The van der Waals surface area contributed by atoms with E-state index in [1.165, 1.54) is 5.56 Å². The predicted octanol–water partition coefficient (Wildman–Crippen LogP) is 3.59. The maximum atomic E-state index is 5.92. The van der Waals surface area contributed by atoms with E-state index < -0.39 is 0 Å². The fourth-order valence-electron chi connectivity index (χ4n) is 3.33. The Balaban J connectivity index is 1.46. The summed E-state index contributed by atoms with van der Waals surface area (Å²) in [6.07, 6.45) is 4.13. The number of ether oxygens (including phenoxy) is 2. The zero-order valence-electron chi connectivity index (χ0n) is 17.9. The summed E-state index contributed by atoms with van der Waals surface area (Å²) in [7, 11) is 0. The molecule has 0 unspecified atom stereocenters. The maximum Gasteiger partial charge on any atom is 0.217 e. The molecule has 0 aliphatic carbocycles. The van der Waals surface area contributed by atoms with Crippen molar-refractivity contribution in [1.29, 1.82) is 0 Å². The van der Waals surface area contributed by atoms with Crippen LogP contribution in [0.1, 0.15) is 22.8 Å². The Labute approximate surface area is 181 Å². The molecule has 1 aliphatic heterocycles. The summed E-state index contributed by atoms with van der Waals surface area (Å²) < 4.78 is 16.9. The lowest BCUT2D eigenvalue weighted by atomic mass is 10.2. The maximum absolute atomic E-state index is 5.92. The van der Waals surface area contributed by atoms with Crippen LogP contribution < -0.4 is 15.1 Å². The van der Waals surface area contributed by atoms with Crippen LogP contribution in [0.3, 0.4) is 0 Å². The molecule has 1 N–H and O–H groups in total. The molecule has 1 aromatic carbocycles. The van der Waals surface area contributed by atoms with Crippen LogP contribution in [-0.2, 0) is 11.2 Å². The molecule has 0 amide bonds. The second-order valence-corrected chi connectivity index (χ2v) is 7.38. The number of hydrazone groups is 1. The number of nitrogens with one attached hydrogen (secondary N) is 1. The fraction of sp³-hybridized carbons (Fsp3) is 0.348. The van der Waals surface area contributed by atoms with Gasteiger partial charge in [-0.05, 0) is 12.5 Å². The Bertz CT molecular complexity index is 1030. The van der Waals surface area contributed by atoms with Crippen molar-refractivity contribution in [2.24, 2.45) is 5.10 Å². The SMILES string of the molecule is Cc1cccc(C=NNc2cc(N3CCOCC3)cc(OCCc3cnc(C)o3)n2)c1. The third kappa shape index (κ3) is 6.05. The Kier molecular flexibility index (Phi) is 6.78. The average molecular weight is 422 g/mol. The molecule has 8 heteroatoms. The topological polar surface area (TPSA) is 85.0 Å². The monoisotopic (exact) mass is 421 g/mol. The van der Waals surface area contributed by atoms with Crippen molar-refractivity contribution >= 4 is 17.7 Å². The number of nitrogens with zero attached hydrogens (tertiary/aromatic N) is 4. The molecule has 2 aromatic heterocycles. The number of rotatable bonds is 8. The average Bonchev–Trinajstić information content (AvgIpc) is 3.19. The number of pyridine rings is 1. The standard InChI is InChI=1S/C23H27N5O3/c1-17-4-3-5-19(12-17)15-25-27-22-13-20(28-7-10-29-11-8-28)14-23(26-22)30-9-6-21-16-24-18(2)31-21/h3-5,12-16H,6-11H2,1-2H3,(H,26,27). The largest absolute Gasteiger partial charge is 0.477 e. The first-order valence-corrected chi connectivity index (χ1v) is 10.4. The number of hydrogen-bond donors (Lipinski definition) is 1. The highest BCUT2D eigenvalue weighted by atomic mass is 16.5. The van der Waals surface area contributed by atoms with Crippen LogP contribution in [0.4, 0.5) is 11.5 Å². The number of benzene rings is 1. The third-order valence-corrected chi connectivity index (χ3v) is 4.87. The fourth-order valence-corrected chi connectivity index (χ4v) is 3.33. The van der Waals surface area contributed by atoms with E-state index in [9.17, 15) is 0 Å². The molecule has 1 aliphatic rings. The van der Waals surface area contributed by atoms with Gasteiger partial charge in [-0.15, -0.1) is 0 Å². The van der Waals surface area contributed by atoms with Crippen molar-refractivity contribution in [2.45, 2.75) is 20.3 Å². The number of hydrogen-bond acceptors (Lipinski definition) is 8. The molecule has 162 valence electrons. The van der Waals surface area contributed by atoms with Crippen LogP contribution >= 0.6 is 0 Å². The summed E-state index contributed by atoms with van der Waals surface area (Å²) >= 11 is 0. The normalized spacial score (nSPS) is 14.2. The van der Waals surface area contributed by atoms with E-state index >= 15 is 0 Å². The van der Waals surface area contributed by atoms with Crippen molar-refractivity contribution in [1.82, 2.24) is 9.97 Å². The Morgan fingerprint density at radius 1 is 1.19 bits per heavy atom. The van der Waals surface area contributed by atoms with Crippen LogP contribution in [0.15, 0.2) is 52.1 Å². The first kappa shape index (κ1) is 20.9. The molecule has 0 atom stereocenters. The summed E-state index contributed by atoms with van der Waals surface area (Å²) in [6, 6.07) is 12.1. The minimum absolute atomic E-state index is 0.445. The molecule has 4 rings (SSSR count). The zero-order valence-corrected chi connectivity index (χ0v) is 17.9. The summed E-state index contributed by atoms with van der Waals surface area (Å²) in [6.45, 7) is 7.39. The van der Waals surface area contributed by atoms with Crippen LogP contribution in [-0.4, -0.2) is 49.1 Å². The number of aryl methyl sites for hydroxylation is 2. The van der Waals surface area contributed by atoms with Gasteiger partial charge < -0.3 is 18.8 Å². The lowest BCUT2D eigenvalue weighted by Crippen LogP contribution is -2.36. The van der Waals surface area contributed by atoms with Gasteiger partial charge in [-0.2, -0.15) is 10.1 Å². The van der Waals surface area contributed by atoms with Crippen molar-refractivity contribution in [3.63, 3.8) is 0 Å². The highest BCUT2D eigenvalue weighted by Crippen LogP contribution is 2.25. The highest BCUT2D eigenvalue weighted by molar-refractivity contribution is 5.80. The van der Waals surface area contributed by atoms with E-state index in [1.807, 2.05) is 31.2 Å². The van der Waals surface area contributed by atoms with E-state index in [0.29, 0.717) is 43.8 Å². The lowest BCUT2D eigenvalue weighted by Gasteiger charge is -2.29. The number of oxazole rings is 1. The van der Waals surface area contributed by atoms with Crippen LogP contribution in [0.5, 0.6) is 5.88 Å². The number of anilines is 2. The van der Waals surface area contributed by atoms with Crippen LogP contribution in [0.25, 0.3) is 0 Å². The van der Waals surface area contributed by atoms with Crippen molar-refractivity contribution in [3.8, 4) is 5.88 Å². The first-order valence-electron chi connectivity index (χ1n) is 10.4. The van der Waals surface area contributed by atoms with E-state index in [2.05, 4.69) is 44.5 Å². The van der Waals surface area contributed by atoms with Crippen LogP contribution in [0, 0.1) is 13.8 Å². The lowest BCUT2D eigenvalue weighted by molar-refractivity contribution is 0.122. The summed E-state index contributed by atoms with van der Waals surface area (Å²) in [5.41, 5.74) is 6.27. The van der Waals surface area contributed by atoms with Crippen LogP contribution in [0.2, 0.25) is 0 Å². The van der Waals surface area contributed by atoms with Gasteiger partial charge in [0, 0.05) is 44.3 Å². The molecule has 0 saturated carbocycles. The molecule has 3 aromatic rings. The molecular formula is C23H27N5O3. The van der Waals surface area contributed by atoms with Gasteiger partial charge in [0.25, 0.3) is 0 Å². The smallest absolute Gasteiger partial charge is 0.217 e. The predicted molar refractivity (Wildman–Crippen MR) is 120 cm³/mol. The quantitative estimate of drug-likeness (QED) is 0.439. The van der Waals surface area contributed by atoms with Gasteiger partial charge in [0.05, 0.1) is 32.2 Å². The molecule has 0 bridgehead atoms. The minimum Gasteiger partial charge on any atom is -0.477 e. The summed E-state index contributed by atoms with van der Waals surface area (Å²) in [4.78, 5) is 10.9. The Morgan fingerprint density at radius 2 is 2.06 bits per heavy atom. The van der Waals surface area contributed by atoms with Gasteiger partial charge in [0.15, 0.2) is 11.7 Å². The molecule has 8 nitrogen and oxygen atoms in total. The van der Waals surface area contributed by atoms with Gasteiger partial charge >= 0.3 is 0 Å². The molecule has 0 spiro atoms. The van der Waals surface area contributed by atoms with E-state index in [4.69, 9.17) is 13.9 Å². The van der Waals surface area contributed by atoms with Gasteiger partial charge in [-0.25, -0.2) is 4.98 Å². The van der Waals surface area contributed by atoms with Gasteiger partial charge in [-0.3, -0.25) is 5.43 Å². The van der Waals surface area contributed by atoms with Crippen molar-refractivity contribution in [3.05, 3.63) is 65.4 Å². The Morgan fingerprint density at radius 3 is 2.84 bits per heavy atom. The molecule has 31 heavy (non-hydrogen) atoms. The molecule has 0 radical (unpaired) electrons. The molecule has 1 fully saturated rings. The van der Waals surface area contributed by atoms with Crippen molar-refractivity contribution in [2.75, 3.05) is 43.2 Å². The summed E-state index contributed by atoms with van der Waals surface area (Å²) in [5, 5.41) is 4.35. The number of morpholine rings is 1. The summed E-state index contributed by atoms with van der Waals surface area (Å²) in [5.74, 6) is 2.61. The molecule has 3 heterocycles. The van der Waals surface area contributed by atoms with Gasteiger partial charge in [0.1, 0.15) is 5.76 Å². The molecule has 1 saturated heterocycles. The zero-order chi connectivity index (χ0) is 21.5. The molecular weight excluding hydrogens is 394 g/mol. The first-order chi connectivity index (χ1) is 15.2. The third-order valence-electron chi connectivity index (χ3n) is 4.87. The van der Waals surface area contributed by atoms with E-state index in [-0.39, 0.29) is 0 Å². The van der Waals surface area contributed by atoms with E-state index in [0.717, 1.165) is 30.1 Å². The second-order valence-electron chi connectivity index (χ2n) is 7.38. The number of aromatic nitrogens is 2. The minimum atomic E-state index is 0.445.